The van der Waals surface area contributed by atoms with Gasteiger partial charge in [0.1, 0.15) is 13.2 Å². The lowest BCUT2D eigenvalue weighted by Crippen LogP contribution is -2.05. The number of aliphatic hydroxyl groups excluding tert-OH is 1. The van der Waals surface area contributed by atoms with Crippen molar-refractivity contribution in [1.82, 2.24) is 0 Å². The summed E-state index contributed by atoms with van der Waals surface area (Å²) in [6.07, 6.45) is 1.94. The van der Waals surface area contributed by atoms with E-state index in [2.05, 4.69) is 89.0 Å². The van der Waals surface area contributed by atoms with Gasteiger partial charge in [0, 0.05) is 15.6 Å². The maximum Gasteiger partial charge on any atom is 0.306 e. The van der Waals surface area contributed by atoms with Gasteiger partial charge in [0.05, 0.1) is 0 Å². The number of esters is 1. The summed E-state index contributed by atoms with van der Waals surface area (Å²) in [5.41, 5.74) is 2.99. The molecular formula is C30H23IO3. The second kappa shape index (κ2) is 10.0. The fourth-order valence-corrected chi connectivity index (χ4v) is 5.04. The van der Waals surface area contributed by atoms with Gasteiger partial charge >= 0.3 is 5.97 Å². The fraction of sp³-hybridized carbons (Fsp3) is 0.167. The summed E-state index contributed by atoms with van der Waals surface area (Å²) >= 11 is 2.20. The molecule has 0 fully saturated rings. The lowest BCUT2D eigenvalue weighted by atomic mass is 9.90. The van der Waals surface area contributed by atoms with E-state index in [1.54, 1.807) is 0 Å². The van der Waals surface area contributed by atoms with Crippen LogP contribution in [0.2, 0.25) is 0 Å². The van der Waals surface area contributed by atoms with Crippen molar-refractivity contribution in [2.75, 3.05) is 6.61 Å². The predicted molar refractivity (Wildman–Crippen MR) is 146 cm³/mol. The molecule has 0 spiro atoms. The molecule has 5 aromatic rings. The van der Waals surface area contributed by atoms with E-state index in [9.17, 15) is 4.79 Å². The molecule has 5 rings (SSSR count). The topological polar surface area (TPSA) is 46.5 Å². The van der Waals surface area contributed by atoms with Crippen LogP contribution in [0.1, 0.15) is 29.5 Å². The standard InChI is InChI=1S/C30H23IO3/c31-27-16-9-20(18-25(27)7-3-17-32)19-34-28(33)8-2-4-21-10-11-24-13-12-22-5-1-6-23-14-15-26(21)30(24)29(22)23/h1,5-6,9-16,18,32H,2,4,8,17,19H2. The minimum atomic E-state index is -0.195. The number of hydrogen-bond donors (Lipinski definition) is 1. The summed E-state index contributed by atoms with van der Waals surface area (Å²) in [7, 11) is 0. The summed E-state index contributed by atoms with van der Waals surface area (Å²) in [4.78, 5) is 12.4. The SMILES string of the molecule is O=C(CCCc1ccc2ccc3cccc4ccc1c2c34)OCc1ccc(I)c(C#CCO)c1. The third-order valence-electron chi connectivity index (χ3n) is 6.18. The molecule has 0 aromatic heterocycles. The van der Waals surface area contributed by atoms with E-state index < -0.39 is 0 Å². The number of halogens is 1. The van der Waals surface area contributed by atoms with Crippen molar-refractivity contribution in [3.8, 4) is 11.8 Å². The fourth-order valence-electron chi connectivity index (χ4n) is 4.57. The largest absolute Gasteiger partial charge is 0.461 e. The molecule has 168 valence electrons. The van der Waals surface area contributed by atoms with E-state index in [4.69, 9.17) is 9.84 Å². The van der Waals surface area contributed by atoms with E-state index in [-0.39, 0.29) is 19.2 Å². The number of aryl methyl sites for hydroxylation is 1. The van der Waals surface area contributed by atoms with Gasteiger partial charge in [0.15, 0.2) is 0 Å². The van der Waals surface area contributed by atoms with Crippen LogP contribution in [0.15, 0.2) is 72.8 Å². The molecule has 34 heavy (non-hydrogen) atoms. The molecular weight excluding hydrogens is 535 g/mol. The highest BCUT2D eigenvalue weighted by Crippen LogP contribution is 2.36. The number of rotatable bonds is 6. The Morgan fingerprint density at radius 3 is 2.44 bits per heavy atom. The Morgan fingerprint density at radius 2 is 1.65 bits per heavy atom. The van der Waals surface area contributed by atoms with Gasteiger partial charge < -0.3 is 9.84 Å². The zero-order chi connectivity index (χ0) is 23.5. The van der Waals surface area contributed by atoms with Gasteiger partial charge in [-0.15, -0.1) is 0 Å². The number of aliphatic hydroxyl groups is 1. The first-order chi connectivity index (χ1) is 16.6. The number of hydrogen-bond acceptors (Lipinski definition) is 3. The van der Waals surface area contributed by atoms with Gasteiger partial charge in [-0.2, -0.15) is 0 Å². The summed E-state index contributed by atoms with van der Waals surface area (Å²) in [6, 6.07) is 25.4. The first kappa shape index (κ1) is 22.6. The van der Waals surface area contributed by atoms with Gasteiger partial charge in [-0.25, -0.2) is 0 Å². The Kier molecular flexibility index (Phi) is 6.66. The van der Waals surface area contributed by atoms with Gasteiger partial charge in [-0.3, -0.25) is 4.79 Å². The van der Waals surface area contributed by atoms with Crippen molar-refractivity contribution < 1.29 is 14.6 Å². The third kappa shape index (κ3) is 4.59. The van der Waals surface area contributed by atoms with Crippen molar-refractivity contribution in [1.29, 1.82) is 0 Å². The van der Waals surface area contributed by atoms with Gasteiger partial charge in [0.2, 0.25) is 0 Å². The second-order valence-corrected chi connectivity index (χ2v) is 9.53. The van der Waals surface area contributed by atoms with Crippen molar-refractivity contribution in [3.63, 3.8) is 0 Å². The lowest BCUT2D eigenvalue weighted by molar-refractivity contribution is -0.145. The van der Waals surface area contributed by atoms with Gasteiger partial charge in [0.25, 0.3) is 0 Å². The van der Waals surface area contributed by atoms with E-state index in [0.29, 0.717) is 6.42 Å². The Morgan fingerprint density at radius 1 is 0.912 bits per heavy atom. The third-order valence-corrected chi connectivity index (χ3v) is 7.12. The number of benzene rings is 5. The molecule has 0 bridgehead atoms. The molecule has 4 heteroatoms. The average Bonchev–Trinajstić information content (AvgIpc) is 2.86. The normalized spacial score (nSPS) is 11.1. The van der Waals surface area contributed by atoms with Crippen LogP contribution in [0.4, 0.5) is 0 Å². The molecule has 0 atom stereocenters. The highest BCUT2D eigenvalue weighted by Gasteiger charge is 2.11. The molecule has 5 aromatic carbocycles. The minimum Gasteiger partial charge on any atom is -0.461 e. The summed E-state index contributed by atoms with van der Waals surface area (Å²) in [5, 5.41) is 16.6. The first-order valence-electron chi connectivity index (χ1n) is 11.3. The number of carbonyl (C=O) groups is 1. The molecule has 0 aliphatic rings. The molecule has 0 radical (unpaired) electrons. The highest BCUT2D eigenvalue weighted by atomic mass is 127. The molecule has 1 N–H and O–H groups in total. The van der Waals surface area contributed by atoms with Crippen LogP contribution in [0.5, 0.6) is 0 Å². The van der Waals surface area contributed by atoms with E-state index in [1.807, 2.05) is 18.2 Å². The maximum absolute atomic E-state index is 12.4. The minimum absolute atomic E-state index is 0.179. The first-order valence-corrected chi connectivity index (χ1v) is 12.4. The van der Waals surface area contributed by atoms with Gasteiger partial charge in [-0.1, -0.05) is 72.5 Å². The van der Waals surface area contributed by atoms with Crippen molar-refractivity contribution in [3.05, 3.63) is 93.1 Å². The van der Waals surface area contributed by atoms with E-state index >= 15 is 0 Å². The summed E-state index contributed by atoms with van der Waals surface area (Å²) in [6.45, 7) is 0.0453. The molecule has 0 saturated carbocycles. The van der Waals surface area contributed by atoms with E-state index in [0.717, 1.165) is 27.5 Å². The van der Waals surface area contributed by atoms with Crippen LogP contribution in [-0.2, 0) is 22.6 Å². The summed E-state index contributed by atoms with van der Waals surface area (Å²) < 4.78 is 6.51. The number of ether oxygens (including phenoxy) is 1. The maximum atomic E-state index is 12.4. The second-order valence-electron chi connectivity index (χ2n) is 8.37. The Labute approximate surface area is 212 Å². The van der Waals surface area contributed by atoms with Crippen molar-refractivity contribution in [2.24, 2.45) is 0 Å². The van der Waals surface area contributed by atoms with Crippen LogP contribution in [0.3, 0.4) is 0 Å². The van der Waals surface area contributed by atoms with Crippen molar-refractivity contribution in [2.45, 2.75) is 25.9 Å². The predicted octanol–water partition coefficient (Wildman–Crippen LogP) is 6.60. The quantitative estimate of drug-likeness (QED) is 0.111. The van der Waals surface area contributed by atoms with Crippen LogP contribution >= 0.6 is 22.6 Å². The monoisotopic (exact) mass is 558 g/mol. The van der Waals surface area contributed by atoms with Crippen molar-refractivity contribution >= 4 is 60.9 Å². The zero-order valence-electron chi connectivity index (χ0n) is 18.6. The Balaban J connectivity index is 1.25. The molecule has 0 saturated heterocycles. The van der Waals surface area contributed by atoms with Crippen LogP contribution in [-0.4, -0.2) is 17.7 Å². The lowest BCUT2D eigenvalue weighted by Gasteiger charge is -2.14. The van der Waals surface area contributed by atoms with Crippen LogP contribution in [0, 0.1) is 15.4 Å². The molecule has 0 unspecified atom stereocenters. The number of carbonyl (C=O) groups excluding carboxylic acids is 1. The smallest absolute Gasteiger partial charge is 0.306 e. The molecule has 0 heterocycles. The average molecular weight is 558 g/mol. The molecule has 0 amide bonds. The molecule has 0 aliphatic carbocycles. The Bertz CT molecular complexity index is 1540. The van der Waals surface area contributed by atoms with Gasteiger partial charge in [-0.05, 0) is 91.0 Å². The zero-order valence-corrected chi connectivity index (χ0v) is 20.8. The highest BCUT2D eigenvalue weighted by molar-refractivity contribution is 14.1. The molecule has 0 aliphatic heterocycles. The Hall–Kier alpha value is -3.14. The van der Waals surface area contributed by atoms with Crippen LogP contribution < -0.4 is 0 Å². The molecule has 3 nitrogen and oxygen atoms in total. The van der Waals surface area contributed by atoms with E-state index in [1.165, 1.54) is 37.9 Å². The van der Waals surface area contributed by atoms with Crippen LogP contribution in [0.25, 0.3) is 32.3 Å². The summed E-state index contributed by atoms with van der Waals surface area (Å²) in [5.74, 6) is 5.40.